The number of nitrogens with one attached hydrogen (secondary N) is 1. The average molecular weight is 463 g/mol. The van der Waals surface area contributed by atoms with Crippen LogP contribution in [0.3, 0.4) is 0 Å². The second kappa shape index (κ2) is 11.6. The van der Waals surface area contributed by atoms with Crippen LogP contribution < -0.4 is 5.43 Å². The molecule has 0 heterocycles. The molecule has 1 aliphatic carbocycles. The van der Waals surface area contributed by atoms with Crippen LogP contribution in [-0.4, -0.2) is 52.0 Å². The summed E-state index contributed by atoms with van der Waals surface area (Å²) in [7, 11) is -4.50. The first-order valence-electron chi connectivity index (χ1n) is 5.96. The zero-order valence-electron chi connectivity index (χ0n) is 13.1. The van der Waals surface area contributed by atoms with E-state index in [9.17, 15) is 18.0 Å². The minimum atomic E-state index is -4.50. The van der Waals surface area contributed by atoms with Gasteiger partial charge in [0.15, 0.2) is 5.78 Å². The molecule has 11 nitrogen and oxygen atoms in total. The van der Waals surface area contributed by atoms with Gasteiger partial charge in [-0.05, 0) is 36.4 Å². The van der Waals surface area contributed by atoms with Crippen molar-refractivity contribution in [3.05, 3.63) is 47.0 Å². The van der Waals surface area contributed by atoms with Crippen molar-refractivity contribution in [1.82, 2.24) is 0 Å². The third kappa shape index (κ3) is 7.59. The fraction of sp³-hybridized carbons (Fsp3) is 0. The second-order valence-corrected chi connectivity index (χ2v) is 6.13. The number of carbonyl (C=O) groups excluding carboxylic acids is 1. The molecular weight excluding hydrogens is 448 g/mol. The number of rotatable bonds is 4. The fourth-order valence-electron chi connectivity index (χ4n) is 1.65. The number of benzene rings is 1. The predicted octanol–water partition coefficient (Wildman–Crippen LogP) is -0.972. The van der Waals surface area contributed by atoms with Crippen molar-refractivity contribution in [2.45, 2.75) is 4.90 Å². The Labute approximate surface area is 168 Å². The van der Waals surface area contributed by atoms with Crippen molar-refractivity contribution in [2.75, 3.05) is 5.43 Å². The number of allylic oxidation sites excluding steroid dienone is 3. The van der Waals surface area contributed by atoms with Gasteiger partial charge in [-0.25, -0.2) is 4.79 Å². The Bertz CT molecular complexity index is 897. The van der Waals surface area contributed by atoms with Crippen LogP contribution in [0.1, 0.15) is 0 Å². The molecule has 0 unspecified atom stereocenters. The summed E-state index contributed by atoms with van der Waals surface area (Å²) in [5.74, 6) is -2.04. The quantitative estimate of drug-likeness (QED) is 0.219. The summed E-state index contributed by atoms with van der Waals surface area (Å²) in [5.41, 5.74) is 2.37. The number of hydrogen-bond donors (Lipinski definition) is 3. The summed E-state index contributed by atoms with van der Waals surface area (Å²) in [4.78, 5) is 21.7. The third-order valence-corrected chi connectivity index (χ3v) is 4.05. The molecule has 0 radical (unpaired) electrons. The molecule has 0 saturated heterocycles. The Morgan fingerprint density at radius 3 is 2.26 bits per heavy atom. The minimum absolute atomic E-state index is 0. The van der Waals surface area contributed by atoms with E-state index in [0.29, 0.717) is 0 Å². The van der Waals surface area contributed by atoms with Crippen LogP contribution in [0.25, 0.3) is 0 Å². The molecule has 1 aromatic rings. The van der Waals surface area contributed by atoms with E-state index in [1.165, 1.54) is 18.2 Å². The van der Waals surface area contributed by atoms with Gasteiger partial charge >= 0.3 is 5.97 Å². The van der Waals surface area contributed by atoms with Crippen molar-refractivity contribution in [1.29, 1.82) is 0 Å². The topological polar surface area (TPSA) is 228 Å². The summed E-state index contributed by atoms with van der Waals surface area (Å²) in [5, 5.41) is 12.5. The number of hydrazone groups is 1. The summed E-state index contributed by atoms with van der Waals surface area (Å²) < 4.78 is 31.3. The van der Waals surface area contributed by atoms with Crippen LogP contribution in [-0.2, 0) is 37.1 Å². The van der Waals surface area contributed by atoms with E-state index in [4.69, 9.17) is 21.3 Å². The van der Waals surface area contributed by atoms with E-state index in [1.54, 1.807) is 0 Å². The number of carboxylic acid groups (broad SMARTS) is 1. The summed E-state index contributed by atoms with van der Waals surface area (Å²) in [6, 6.07) is 3.70. The molecule has 150 valence electrons. The van der Waals surface area contributed by atoms with Gasteiger partial charge in [0.05, 0.1) is 16.4 Å². The van der Waals surface area contributed by atoms with Crippen LogP contribution in [0.4, 0.5) is 5.69 Å². The largest absolute Gasteiger partial charge is 0.478 e. The smallest absolute Gasteiger partial charge is 0.339 e. The Morgan fingerprint density at radius 1 is 1.15 bits per heavy atom. The van der Waals surface area contributed by atoms with Crippen molar-refractivity contribution in [2.24, 2.45) is 5.10 Å². The van der Waals surface area contributed by atoms with E-state index in [1.807, 2.05) is 0 Å². The standard InChI is InChI=1S/C13H9ClN2O6S.Cr.3H2O/c14-10-3-1-8(6-12(10)23(20,21)22)16-15-7-2-4-11(17)9(5-7)13(18)19;;;;/h1-6,16H,(H,18,19)(H,20,21,22);;3*1H2/b15-7-;;;;. The first kappa shape index (κ1) is 29.7. The molecule has 27 heavy (non-hydrogen) atoms. The van der Waals surface area contributed by atoms with Crippen LogP contribution >= 0.6 is 11.6 Å². The van der Waals surface area contributed by atoms with Gasteiger partial charge in [-0.1, -0.05) is 11.6 Å². The van der Waals surface area contributed by atoms with E-state index in [0.717, 1.165) is 18.2 Å². The Morgan fingerprint density at radius 2 is 1.74 bits per heavy atom. The Kier molecular flexibility index (Phi) is 12.7. The van der Waals surface area contributed by atoms with Gasteiger partial charge in [-0.3, -0.25) is 14.8 Å². The number of aliphatic carboxylic acids is 1. The van der Waals surface area contributed by atoms with Gasteiger partial charge in [0.1, 0.15) is 10.5 Å². The average Bonchev–Trinajstić information content (AvgIpc) is 2.46. The zero-order chi connectivity index (χ0) is 17.2. The maximum absolute atomic E-state index is 11.3. The molecule has 0 fully saturated rings. The normalized spacial score (nSPS) is 13.9. The molecule has 0 amide bonds. The molecule has 1 aromatic carbocycles. The first-order chi connectivity index (χ1) is 10.7. The zero-order valence-corrected chi connectivity index (χ0v) is 16.0. The van der Waals surface area contributed by atoms with Crippen LogP contribution in [0.2, 0.25) is 5.02 Å². The number of carbonyl (C=O) groups is 2. The van der Waals surface area contributed by atoms with Gasteiger partial charge in [-0.2, -0.15) is 13.5 Å². The molecule has 0 aromatic heterocycles. The molecule has 0 aliphatic heterocycles. The molecule has 14 heteroatoms. The third-order valence-electron chi connectivity index (χ3n) is 2.72. The van der Waals surface area contributed by atoms with E-state index < -0.39 is 32.3 Å². The summed E-state index contributed by atoms with van der Waals surface area (Å²) >= 11 is 5.67. The number of halogens is 1. The van der Waals surface area contributed by atoms with Crippen LogP contribution in [0, 0.1) is 0 Å². The molecule has 0 atom stereocenters. The minimum Gasteiger partial charge on any atom is -0.478 e. The monoisotopic (exact) mass is 462 g/mol. The molecule has 0 bridgehead atoms. The number of hydrogen-bond acceptors (Lipinski definition) is 6. The van der Waals surface area contributed by atoms with Crippen molar-refractivity contribution < 1.29 is 61.5 Å². The van der Waals surface area contributed by atoms with Gasteiger partial charge in [0.25, 0.3) is 10.1 Å². The number of carboxylic acids is 1. The van der Waals surface area contributed by atoms with E-state index in [-0.39, 0.29) is 50.2 Å². The Balaban J connectivity index is -0.00000144. The maximum atomic E-state index is 11.3. The van der Waals surface area contributed by atoms with Crippen LogP contribution in [0.5, 0.6) is 0 Å². The molecular formula is C13H15ClCrN2O9S. The fourth-order valence-corrected chi connectivity index (χ4v) is 2.65. The summed E-state index contributed by atoms with van der Waals surface area (Å²) in [6.07, 6.45) is 3.41. The number of ketones is 1. The van der Waals surface area contributed by atoms with Gasteiger partial charge in [0.2, 0.25) is 0 Å². The second-order valence-electron chi connectivity index (χ2n) is 4.33. The maximum Gasteiger partial charge on any atom is 0.339 e. The van der Waals surface area contributed by atoms with Crippen LogP contribution in [0.15, 0.2) is 52.0 Å². The first-order valence-corrected chi connectivity index (χ1v) is 7.78. The van der Waals surface area contributed by atoms with E-state index in [2.05, 4.69) is 10.5 Å². The molecule has 0 saturated carbocycles. The van der Waals surface area contributed by atoms with Gasteiger partial charge < -0.3 is 21.5 Å². The van der Waals surface area contributed by atoms with Gasteiger partial charge in [0, 0.05) is 17.4 Å². The van der Waals surface area contributed by atoms with Crippen molar-refractivity contribution >= 4 is 44.9 Å². The Hall–Kier alpha value is -2.08. The van der Waals surface area contributed by atoms with Crippen molar-refractivity contribution in [3.63, 3.8) is 0 Å². The molecule has 1 aliphatic rings. The molecule has 0 spiro atoms. The van der Waals surface area contributed by atoms with Gasteiger partial charge in [-0.15, -0.1) is 0 Å². The summed E-state index contributed by atoms with van der Waals surface area (Å²) in [6.45, 7) is 0. The number of nitrogens with zero attached hydrogens (tertiary/aromatic N) is 1. The van der Waals surface area contributed by atoms with Crippen molar-refractivity contribution in [3.8, 4) is 0 Å². The SMILES string of the molecule is O.O.O.O=C(O)C1=C/C(=N\Nc2ccc(Cl)c(S(=O)(=O)O)c2)C=CC1=O.[Cr]. The molecule has 9 N–H and O–H groups in total. The predicted molar refractivity (Wildman–Crippen MR) is 93.0 cm³/mol. The van der Waals surface area contributed by atoms with E-state index >= 15 is 0 Å². The molecule has 2 rings (SSSR count). The number of anilines is 1.